The molecular formula is C22H23BrN4O2. The SMILES string of the molecule is O=C(CN1CCC(NC(=O)c2cc3cc(Br)ccc3[nH]2)CC1)Nc1ccccc1. The third-order valence-electron chi connectivity index (χ3n) is 5.17. The van der Waals surface area contributed by atoms with E-state index in [1.807, 2.05) is 54.6 Å². The van der Waals surface area contributed by atoms with E-state index in [1.165, 1.54) is 0 Å². The predicted molar refractivity (Wildman–Crippen MR) is 118 cm³/mol. The zero-order chi connectivity index (χ0) is 20.2. The number of aromatic amines is 1. The second-order valence-electron chi connectivity index (χ2n) is 7.35. The zero-order valence-corrected chi connectivity index (χ0v) is 17.5. The Morgan fingerprint density at radius 3 is 2.59 bits per heavy atom. The Balaban J connectivity index is 1.26. The molecule has 0 bridgehead atoms. The van der Waals surface area contributed by atoms with Crippen molar-refractivity contribution in [1.29, 1.82) is 0 Å². The highest BCUT2D eigenvalue weighted by Gasteiger charge is 2.23. The zero-order valence-electron chi connectivity index (χ0n) is 16.0. The molecule has 0 unspecified atom stereocenters. The number of likely N-dealkylation sites (tertiary alicyclic amines) is 1. The first-order valence-electron chi connectivity index (χ1n) is 9.73. The van der Waals surface area contributed by atoms with Crippen LogP contribution in [0.3, 0.4) is 0 Å². The van der Waals surface area contributed by atoms with Crippen molar-refractivity contribution in [2.45, 2.75) is 18.9 Å². The van der Waals surface area contributed by atoms with E-state index in [0.717, 1.165) is 47.0 Å². The number of para-hydroxylation sites is 1. The number of anilines is 1. The third-order valence-corrected chi connectivity index (χ3v) is 5.67. The van der Waals surface area contributed by atoms with E-state index in [2.05, 4.69) is 36.4 Å². The highest BCUT2D eigenvalue weighted by Crippen LogP contribution is 2.21. The molecule has 29 heavy (non-hydrogen) atoms. The molecule has 0 atom stereocenters. The summed E-state index contributed by atoms with van der Waals surface area (Å²) >= 11 is 3.45. The lowest BCUT2D eigenvalue weighted by molar-refractivity contribution is -0.117. The Morgan fingerprint density at radius 2 is 1.83 bits per heavy atom. The number of carbonyl (C=O) groups is 2. The molecule has 1 aliphatic heterocycles. The van der Waals surface area contributed by atoms with Crippen molar-refractivity contribution in [3.63, 3.8) is 0 Å². The van der Waals surface area contributed by atoms with E-state index < -0.39 is 0 Å². The van der Waals surface area contributed by atoms with E-state index >= 15 is 0 Å². The number of amides is 2. The largest absolute Gasteiger partial charge is 0.351 e. The quantitative estimate of drug-likeness (QED) is 0.549. The lowest BCUT2D eigenvalue weighted by Crippen LogP contribution is -2.46. The van der Waals surface area contributed by atoms with Gasteiger partial charge in [-0.15, -0.1) is 0 Å². The van der Waals surface area contributed by atoms with Crippen molar-refractivity contribution in [2.24, 2.45) is 0 Å². The van der Waals surface area contributed by atoms with Crippen molar-refractivity contribution in [1.82, 2.24) is 15.2 Å². The van der Waals surface area contributed by atoms with Gasteiger partial charge in [0.15, 0.2) is 0 Å². The van der Waals surface area contributed by atoms with Crippen molar-refractivity contribution < 1.29 is 9.59 Å². The van der Waals surface area contributed by atoms with Gasteiger partial charge in [-0.2, -0.15) is 0 Å². The van der Waals surface area contributed by atoms with Crippen LogP contribution in [0.25, 0.3) is 10.9 Å². The fourth-order valence-corrected chi connectivity index (χ4v) is 4.03. The summed E-state index contributed by atoms with van der Waals surface area (Å²) in [5.74, 6) is -0.0967. The van der Waals surface area contributed by atoms with Crippen LogP contribution in [-0.4, -0.2) is 47.4 Å². The number of fused-ring (bicyclic) bond motifs is 1. The average Bonchev–Trinajstić information content (AvgIpc) is 3.13. The standard InChI is InChI=1S/C22H23BrN4O2/c23-16-6-7-19-15(12-16)13-20(26-19)22(29)25-18-8-10-27(11-9-18)14-21(28)24-17-4-2-1-3-5-17/h1-7,12-13,18,26H,8-11,14H2,(H,24,28)(H,25,29). The van der Waals surface area contributed by atoms with Crippen molar-refractivity contribution in [3.05, 3.63) is 64.8 Å². The fraction of sp³-hybridized carbons (Fsp3) is 0.273. The summed E-state index contributed by atoms with van der Waals surface area (Å²) in [7, 11) is 0. The molecule has 0 aliphatic carbocycles. The van der Waals surface area contributed by atoms with Crippen LogP contribution in [0.2, 0.25) is 0 Å². The summed E-state index contributed by atoms with van der Waals surface area (Å²) in [5.41, 5.74) is 2.32. The number of nitrogens with zero attached hydrogens (tertiary/aromatic N) is 1. The van der Waals surface area contributed by atoms with Gasteiger partial charge in [-0.25, -0.2) is 0 Å². The van der Waals surface area contributed by atoms with E-state index in [0.29, 0.717) is 12.2 Å². The predicted octanol–water partition coefficient (Wildman–Crippen LogP) is 3.76. The van der Waals surface area contributed by atoms with Crippen molar-refractivity contribution in [2.75, 3.05) is 25.0 Å². The van der Waals surface area contributed by atoms with E-state index in [9.17, 15) is 9.59 Å². The summed E-state index contributed by atoms with van der Waals surface area (Å²) in [4.78, 5) is 30.1. The first kappa shape index (κ1) is 19.7. The number of hydrogen-bond donors (Lipinski definition) is 3. The minimum atomic E-state index is -0.0856. The van der Waals surface area contributed by atoms with Crippen LogP contribution in [0.5, 0.6) is 0 Å². The molecule has 2 amide bonds. The van der Waals surface area contributed by atoms with E-state index in [4.69, 9.17) is 0 Å². The molecule has 0 spiro atoms. The maximum absolute atomic E-state index is 12.6. The summed E-state index contributed by atoms with van der Waals surface area (Å²) in [6.07, 6.45) is 1.66. The van der Waals surface area contributed by atoms with Gasteiger partial charge in [0.1, 0.15) is 5.69 Å². The molecule has 1 saturated heterocycles. The molecule has 7 heteroatoms. The summed E-state index contributed by atoms with van der Waals surface area (Å²) in [5, 5.41) is 7.03. The Hall–Kier alpha value is -2.64. The van der Waals surface area contributed by atoms with E-state index in [1.54, 1.807) is 0 Å². The average molecular weight is 455 g/mol. The van der Waals surface area contributed by atoms with Crippen LogP contribution in [0, 0.1) is 0 Å². The molecule has 6 nitrogen and oxygen atoms in total. The fourth-order valence-electron chi connectivity index (χ4n) is 3.65. The maximum Gasteiger partial charge on any atom is 0.267 e. The van der Waals surface area contributed by atoms with Crippen LogP contribution in [-0.2, 0) is 4.79 Å². The number of piperidine rings is 1. The second kappa shape index (κ2) is 8.80. The number of rotatable bonds is 5. The third kappa shape index (κ3) is 5.05. The van der Waals surface area contributed by atoms with Crippen LogP contribution >= 0.6 is 15.9 Å². The molecule has 4 rings (SSSR count). The molecule has 0 radical (unpaired) electrons. The highest BCUT2D eigenvalue weighted by molar-refractivity contribution is 9.10. The van der Waals surface area contributed by atoms with Gasteiger partial charge in [-0.05, 0) is 49.2 Å². The molecule has 1 fully saturated rings. The number of nitrogens with one attached hydrogen (secondary N) is 3. The molecule has 2 heterocycles. The van der Waals surface area contributed by atoms with Crippen LogP contribution in [0.4, 0.5) is 5.69 Å². The lowest BCUT2D eigenvalue weighted by atomic mass is 10.0. The van der Waals surface area contributed by atoms with Gasteiger partial charge in [-0.3, -0.25) is 14.5 Å². The van der Waals surface area contributed by atoms with Gasteiger partial charge in [0.05, 0.1) is 6.54 Å². The summed E-state index contributed by atoms with van der Waals surface area (Å²) in [6, 6.07) is 17.4. The van der Waals surface area contributed by atoms with Gasteiger partial charge >= 0.3 is 0 Å². The molecule has 0 saturated carbocycles. The van der Waals surface area contributed by atoms with Gasteiger partial charge in [0.2, 0.25) is 5.91 Å². The second-order valence-corrected chi connectivity index (χ2v) is 8.27. The molecule has 1 aromatic heterocycles. The molecule has 2 aromatic carbocycles. The van der Waals surface area contributed by atoms with Gasteiger partial charge in [-0.1, -0.05) is 34.1 Å². The Kier molecular flexibility index (Phi) is 5.97. The number of hydrogen-bond acceptors (Lipinski definition) is 3. The minimum absolute atomic E-state index is 0.0112. The van der Waals surface area contributed by atoms with Gasteiger partial charge in [0, 0.05) is 40.2 Å². The molecule has 1 aliphatic rings. The number of aromatic nitrogens is 1. The topological polar surface area (TPSA) is 77.2 Å². The molecular weight excluding hydrogens is 432 g/mol. The Bertz CT molecular complexity index is 1010. The summed E-state index contributed by atoms with van der Waals surface area (Å²) in [6.45, 7) is 1.94. The molecule has 150 valence electrons. The van der Waals surface area contributed by atoms with Crippen molar-refractivity contribution in [3.8, 4) is 0 Å². The normalized spacial score (nSPS) is 15.3. The van der Waals surface area contributed by atoms with Crippen LogP contribution < -0.4 is 10.6 Å². The van der Waals surface area contributed by atoms with Crippen LogP contribution in [0.15, 0.2) is 59.1 Å². The van der Waals surface area contributed by atoms with Gasteiger partial charge in [0.25, 0.3) is 5.91 Å². The Labute approximate surface area is 177 Å². The number of benzene rings is 2. The van der Waals surface area contributed by atoms with Gasteiger partial charge < -0.3 is 15.6 Å². The first-order chi connectivity index (χ1) is 14.1. The molecule has 3 aromatic rings. The number of halogens is 1. The monoisotopic (exact) mass is 454 g/mol. The number of H-pyrrole nitrogens is 1. The van der Waals surface area contributed by atoms with Crippen LogP contribution in [0.1, 0.15) is 23.3 Å². The number of carbonyl (C=O) groups excluding carboxylic acids is 2. The van der Waals surface area contributed by atoms with E-state index in [-0.39, 0.29) is 17.9 Å². The van der Waals surface area contributed by atoms with Crippen molar-refractivity contribution >= 4 is 44.3 Å². The summed E-state index contributed by atoms with van der Waals surface area (Å²) < 4.78 is 0.986. The Morgan fingerprint density at radius 1 is 1.07 bits per heavy atom. The maximum atomic E-state index is 12.6. The highest BCUT2D eigenvalue weighted by atomic mass is 79.9. The lowest BCUT2D eigenvalue weighted by Gasteiger charge is -2.31. The smallest absolute Gasteiger partial charge is 0.267 e. The molecule has 3 N–H and O–H groups in total. The first-order valence-corrected chi connectivity index (χ1v) is 10.5. The minimum Gasteiger partial charge on any atom is -0.351 e.